The Balaban J connectivity index is 2.26. The molecule has 0 N–H and O–H groups in total. The molecule has 1 heterocycles. The summed E-state index contributed by atoms with van der Waals surface area (Å²) in [4.78, 5) is 7.94. The van der Waals surface area contributed by atoms with E-state index in [1.807, 2.05) is 24.3 Å². The molecule has 0 radical (unpaired) electrons. The van der Waals surface area contributed by atoms with Crippen molar-refractivity contribution in [2.45, 2.75) is 13.3 Å². The van der Waals surface area contributed by atoms with E-state index in [9.17, 15) is 0 Å². The number of hydrogen-bond donors (Lipinski definition) is 0. The first-order valence-corrected chi connectivity index (χ1v) is 5.40. The molecule has 16 heavy (non-hydrogen) atoms. The van der Waals surface area contributed by atoms with Gasteiger partial charge in [-0.05, 0) is 18.1 Å². The number of aromatic nitrogens is 2. The lowest BCUT2D eigenvalue weighted by Crippen LogP contribution is -1.93. The Morgan fingerprint density at radius 3 is 2.81 bits per heavy atom. The fraction of sp³-hybridized carbons (Fsp3) is 0.167. The zero-order valence-corrected chi connectivity index (χ0v) is 9.61. The van der Waals surface area contributed by atoms with Gasteiger partial charge in [-0.25, -0.2) is 0 Å². The first-order chi connectivity index (χ1) is 7.79. The summed E-state index contributed by atoms with van der Waals surface area (Å²) in [6, 6.07) is 7.83. The topological polar surface area (TPSA) is 35.0 Å². The molecule has 1 aromatic carbocycles. The van der Waals surface area contributed by atoms with Crippen LogP contribution in [0.15, 0.2) is 36.7 Å². The highest BCUT2D eigenvalue weighted by atomic mass is 35.5. The minimum atomic E-state index is 0.325. The summed E-state index contributed by atoms with van der Waals surface area (Å²) in [5, 5.41) is 0.325. The molecular formula is C12H11ClN2O. The van der Waals surface area contributed by atoms with Crippen LogP contribution in [0.1, 0.15) is 12.5 Å². The Morgan fingerprint density at radius 1 is 1.25 bits per heavy atom. The van der Waals surface area contributed by atoms with E-state index >= 15 is 0 Å². The van der Waals surface area contributed by atoms with Crippen LogP contribution in [0.4, 0.5) is 0 Å². The van der Waals surface area contributed by atoms with E-state index in [1.165, 1.54) is 6.20 Å². The molecule has 0 amide bonds. The molecule has 82 valence electrons. The quantitative estimate of drug-likeness (QED) is 0.816. The molecule has 0 saturated carbocycles. The van der Waals surface area contributed by atoms with Crippen LogP contribution in [-0.2, 0) is 6.42 Å². The van der Waals surface area contributed by atoms with Gasteiger partial charge in [-0.1, -0.05) is 36.7 Å². The lowest BCUT2D eigenvalue weighted by Gasteiger charge is -2.08. The Hall–Kier alpha value is -1.61. The predicted molar refractivity (Wildman–Crippen MR) is 62.9 cm³/mol. The van der Waals surface area contributed by atoms with Gasteiger partial charge in [0.15, 0.2) is 5.15 Å². The number of ether oxygens (including phenoxy) is 1. The summed E-state index contributed by atoms with van der Waals surface area (Å²) in [7, 11) is 0. The third kappa shape index (κ3) is 2.49. The SMILES string of the molecule is CCc1ccccc1Oc1cncc(Cl)n1. The predicted octanol–water partition coefficient (Wildman–Crippen LogP) is 3.48. The van der Waals surface area contributed by atoms with Crippen molar-refractivity contribution < 1.29 is 4.74 Å². The van der Waals surface area contributed by atoms with Crippen molar-refractivity contribution in [1.29, 1.82) is 0 Å². The number of rotatable bonds is 3. The van der Waals surface area contributed by atoms with Crippen LogP contribution in [0.3, 0.4) is 0 Å². The maximum atomic E-state index is 5.73. The molecular weight excluding hydrogens is 224 g/mol. The molecule has 0 atom stereocenters. The highest BCUT2D eigenvalue weighted by molar-refractivity contribution is 6.29. The average Bonchev–Trinajstić information content (AvgIpc) is 2.30. The highest BCUT2D eigenvalue weighted by Gasteiger charge is 2.04. The molecule has 0 unspecified atom stereocenters. The summed E-state index contributed by atoms with van der Waals surface area (Å²) >= 11 is 5.73. The number of benzene rings is 1. The molecule has 0 saturated heterocycles. The smallest absolute Gasteiger partial charge is 0.239 e. The van der Waals surface area contributed by atoms with E-state index in [-0.39, 0.29) is 0 Å². The Morgan fingerprint density at radius 2 is 2.06 bits per heavy atom. The van der Waals surface area contributed by atoms with Gasteiger partial charge in [0, 0.05) is 0 Å². The molecule has 3 nitrogen and oxygen atoms in total. The van der Waals surface area contributed by atoms with E-state index in [2.05, 4.69) is 16.9 Å². The summed E-state index contributed by atoms with van der Waals surface area (Å²) in [5.41, 5.74) is 1.13. The molecule has 2 rings (SSSR count). The monoisotopic (exact) mass is 234 g/mol. The zero-order valence-electron chi connectivity index (χ0n) is 8.85. The summed E-state index contributed by atoms with van der Waals surface area (Å²) in [5.74, 6) is 1.20. The van der Waals surface area contributed by atoms with Crippen LogP contribution < -0.4 is 4.74 Å². The third-order valence-electron chi connectivity index (χ3n) is 2.15. The summed E-state index contributed by atoms with van der Waals surface area (Å²) in [6.45, 7) is 2.08. The van der Waals surface area contributed by atoms with Gasteiger partial charge in [-0.2, -0.15) is 4.98 Å². The first kappa shape index (κ1) is 10.9. The van der Waals surface area contributed by atoms with Gasteiger partial charge in [-0.3, -0.25) is 4.98 Å². The summed E-state index contributed by atoms with van der Waals surface area (Å²) < 4.78 is 5.62. The van der Waals surface area contributed by atoms with Gasteiger partial charge in [0.05, 0.1) is 12.4 Å². The van der Waals surface area contributed by atoms with Crippen molar-refractivity contribution in [1.82, 2.24) is 9.97 Å². The van der Waals surface area contributed by atoms with Crippen molar-refractivity contribution >= 4 is 11.6 Å². The van der Waals surface area contributed by atoms with Gasteiger partial charge in [0.25, 0.3) is 0 Å². The normalized spacial score (nSPS) is 10.1. The third-order valence-corrected chi connectivity index (χ3v) is 2.33. The van der Waals surface area contributed by atoms with E-state index in [0.29, 0.717) is 11.0 Å². The van der Waals surface area contributed by atoms with E-state index in [1.54, 1.807) is 6.20 Å². The average molecular weight is 235 g/mol. The number of nitrogens with zero attached hydrogens (tertiary/aromatic N) is 2. The van der Waals surface area contributed by atoms with Gasteiger partial charge in [0.2, 0.25) is 5.88 Å². The highest BCUT2D eigenvalue weighted by Crippen LogP contribution is 2.24. The minimum absolute atomic E-state index is 0.325. The Bertz CT molecular complexity index is 488. The lowest BCUT2D eigenvalue weighted by atomic mass is 10.1. The summed E-state index contributed by atoms with van der Waals surface area (Å²) in [6.07, 6.45) is 3.92. The molecule has 0 aliphatic carbocycles. The van der Waals surface area contributed by atoms with Gasteiger partial charge in [0.1, 0.15) is 5.75 Å². The van der Waals surface area contributed by atoms with Crippen LogP contribution in [0.5, 0.6) is 11.6 Å². The lowest BCUT2D eigenvalue weighted by molar-refractivity contribution is 0.455. The largest absolute Gasteiger partial charge is 0.437 e. The van der Waals surface area contributed by atoms with Gasteiger partial charge in [-0.15, -0.1) is 0 Å². The molecule has 0 spiro atoms. The van der Waals surface area contributed by atoms with E-state index < -0.39 is 0 Å². The van der Waals surface area contributed by atoms with Crippen molar-refractivity contribution in [3.05, 3.63) is 47.4 Å². The fourth-order valence-electron chi connectivity index (χ4n) is 1.38. The van der Waals surface area contributed by atoms with Crippen molar-refractivity contribution in [3.8, 4) is 11.6 Å². The maximum Gasteiger partial charge on any atom is 0.239 e. The van der Waals surface area contributed by atoms with Crippen LogP contribution in [0, 0.1) is 0 Å². The Kier molecular flexibility index (Phi) is 3.37. The van der Waals surface area contributed by atoms with Crippen molar-refractivity contribution in [2.75, 3.05) is 0 Å². The van der Waals surface area contributed by atoms with Crippen LogP contribution >= 0.6 is 11.6 Å². The molecule has 0 aliphatic rings. The van der Waals surface area contributed by atoms with E-state index in [4.69, 9.17) is 16.3 Å². The second-order valence-electron chi connectivity index (χ2n) is 3.24. The van der Waals surface area contributed by atoms with E-state index in [0.717, 1.165) is 17.7 Å². The zero-order chi connectivity index (χ0) is 11.4. The molecule has 4 heteroatoms. The molecule has 2 aromatic rings. The second-order valence-corrected chi connectivity index (χ2v) is 3.63. The second kappa shape index (κ2) is 4.94. The molecule has 0 bridgehead atoms. The van der Waals surface area contributed by atoms with Gasteiger partial charge < -0.3 is 4.74 Å². The van der Waals surface area contributed by atoms with Crippen LogP contribution in [0.25, 0.3) is 0 Å². The molecule has 0 fully saturated rings. The maximum absolute atomic E-state index is 5.73. The molecule has 0 aliphatic heterocycles. The number of para-hydroxylation sites is 1. The molecule has 1 aromatic heterocycles. The van der Waals surface area contributed by atoms with Crippen LogP contribution in [0.2, 0.25) is 5.15 Å². The van der Waals surface area contributed by atoms with Crippen molar-refractivity contribution in [3.63, 3.8) is 0 Å². The number of hydrogen-bond acceptors (Lipinski definition) is 3. The standard InChI is InChI=1S/C12H11ClN2O/c1-2-9-5-3-4-6-10(9)16-12-8-14-7-11(13)15-12/h3-8H,2H2,1H3. The van der Waals surface area contributed by atoms with Crippen LogP contribution in [-0.4, -0.2) is 9.97 Å². The van der Waals surface area contributed by atoms with Gasteiger partial charge >= 0.3 is 0 Å². The first-order valence-electron chi connectivity index (χ1n) is 5.03. The Labute approximate surface area is 99.1 Å². The fourth-order valence-corrected chi connectivity index (χ4v) is 1.52. The number of aryl methyl sites for hydroxylation is 1. The van der Waals surface area contributed by atoms with Crippen molar-refractivity contribution in [2.24, 2.45) is 0 Å². The minimum Gasteiger partial charge on any atom is -0.437 e. The number of halogens is 1.